The van der Waals surface area contributed by atoms with Gasteiger partial charge in [0, 0.05) is 6.07 Å². The van der Waals surface area contributed by atoms with E-state index in [2.05, 4.69) is 9.97 Å². The Kier molecular flexibility index (Phi) is 2.17. The third kappa shape index (κ3) is 1.56. The van der Waals surface area contributed by atoms with Crippen molar-refractivity contribution in [2.45, 2.75) is 6.54 Å². The molecule has 0 radical (unpaired) electrons. The summed E-state index contributed by atoms with van der Waals surface area (Å²) >= 11 is 0. The molecule has 0 amide bonds. The molecule has 1 N–H and O–H groups in total. The van der Waals surface area contributed by atoms with Crippen LogP contribution in [0.2, 0.25) is 0 Å². The van der Waals surface area contributed by atoms with Crippen molar-refractivity contribution in [2.24, 2.45) is 0 Å². The average Bonchev–Trinajstić information content (AvgIpc) is 2.23. The molecular formula is C9H7N3O3. The maximum absolute atomic E-state index is 11.4. The lowest BCUT2D eigenvalue weighted by Crippen LogP contribution is -2.20. The Bertz CT molecular complexity index is 576. The van der Waals surface area contributed by atoms with Gasteiger partial charge in [0.15, 0.2) is 5.65 Å². The van der Waals surface area contributed by atoms with Crippen LogP contribution in [0.4, 0.5) is 0 Å². The summed E-state index contributed by atoms with van der Waals surface area (Å²) in [6.45, 7) is -0.103. The zero-order valence-electron chi connectivity index (χ0n) is 7.62. The average molecular weight is 205 g/mol. The number of nitrogens with zero attached hydrogens (tertiary/aromatic N) is 3. The summed E-state index contributed by atoms with van der Waals surface area (Å²) in [5.74, 6) is -0.284. The number of aromatic hydroxyl groups is 1. The van der Waals surface area contributed by atoms with E-state index < -0.39 is 0 Å². The van der Waals surface area contributed by atoms with E-state index in [1.807, 2.05) is 0 Å². The Hall–Kier alpha value is -2.24. The van der Waals surface area contributed by atoms with Crippen LogP contribution in [0.5, 0.6) is 5.88 Å². The van der Waals surface area contributed by atoms with Crippen LogP contribution in [0.25, 0.3) is 11.2 Å². The van der Waals surface area contributed by atoms with Gasteiger partial charge in [0.2, 0.25) is 5.88 Å². The zero-order valence-corrected chi connectivity index (χ0v) is 7.62. The molecule has 0 aromatic carbocycles. The molecule has 0 atom stereocenters. The van der Waals surface area contributed by atoms with Crippen LogP contribution >= 0.6 is 0 Å². The predicted molar refractivity (Wildman–Crippen MR) is 51.5 cm³/mol. The van der Waals surface area contributed by atoms with E-state index in [0.717, 1.165) is 4.57 Å². The highest BCUT2D eigenvalue weighted by atomic mass is 16.3. The summed E-state index contributed by atoms with van der Waals surface area (Å²) in [6.07, 6.45) is 1.77. The summed E-state index contributed by atoms with van der Waals surface area (Å²) in [5, 5.41) is 9.14. The molecule has 0 aliphatic heterocycles. The number of aromatic nitrogens is 3. The van der Waals surface area contributed by atoms with Crippen molar-refractivity contribution in [3.05, 3.63) is 28.7 Å². The normalized spacial score (nSPS) is 10.4. The molecule has 0 aliphatic rings. The summed E-state index contributed by atoms with van der Waals surface area (Å²) in [6, 6.07) is 2.79. The van der Waals surface area contributed by atoms with Crippen LogP contribution < -0.4 is 5.56 Å². The van der Waals surface area contributed by atoms with Crippen LogP contribution in [0.3, 0.4) is 0 Å². The van der Waals surface area contributed by atoms with Gasteiger partial charge in [-0.2, -0.15) is 4.98 Å². The molecule has 0 fully saturated rings. The number of carbonyl (C=O) groups is 1. The SMILES string of the molecule is O=CCn1c(=O)ccc2ncc(O)nc21. The molecule has 6 heteroatoms. The number of hydrogen-bond acceptors (Lipinski definition) is 5. The van der Waals surface area contributed by atoms with Crippen LogP contribution in [0.15, 0.2) is 23.1 Å². The molecule has 0 saturated heterocycles. The van der Waals surface area contributed by atoms with Crippen molar-refractivity contribution >= 4 is 17.5 Å². The van der Waals surface area contributed by atoms with E-state index in [1.54, 1.807) is 0 Å². The molecule has 2 heterocycles. The van der Waals surface area contributed by atoms with Gasteiger partial charge in [-0.3, -0.25) is 9.36 Å². The van der Waals surface area contributed by atoms with Gasteiger partial charge in [-0.25, -0.2) is 4.98 Å². The fourth-order valence-corrected chi connectivity index (χ4v) is 1.29. The Labute approximate surface area is 83.8 Å². The zero-order chi connectivity index (χ0) is 10.8. The first-order valence-electron chi connectivity index (χ1n) is 4.21. The predicted octanol–water partition coefficient (Wildman–Crippen LogP) is -0.304. The fraction of sp³-hybridized carbons (Fsp3) is 0.111. The topological polar surface area (TPSA) is 85.1 Å². The van der Waals surface area contributed by atoms with Gasteiger partial charge in [-0.15, -0.1) is 0 Å². The lowest BCUT2D eigenvalue weighted by atomic mass is 10.4. The monoisotopic (exact) mass is 205 g/mol. The number of aldehydes is 1. The van der Waals surface area contributed by atoms with Gasteiger partial charge in [-0.1, -0.05) is 0 Å². The van der Waals surface area contributed by atoms with Gasteiger partial charge >= 0.3 is 0 Å². The lowest BCUT2D eigenvalue weighted by molar-refractivity contribution is -0.108. The second kappa shape index (κ2) is 3.49. The number of rotatable bonds is 2. The van der Waals surface area contributed by atoms with Gasteiger partial charge < -0.3 is 9.90 Å². The van der Waals surface area contributed by atoms with E-state index >= 15 is 0 Å². The Morgan fingerprint density at radius 2 is 2.27 bits per heavy atom. The lowest BCUT2D eigenvalue weighted by Gasteiger charge is -2.04. The quantitative estimate of drug-likeness (QED) is 0.680. The van der Waals surface area contributed by atoms with Crippen LogP contribution in [0, 0.1) is 0 Å². The number of hydrogen-bond donors (Lipinski definition) is 1. The molecule has 0 saturated carbocycles. The van der Waals surface area contributed by atoms with Crippen LogP contribution in [-0.2, 0) is 11.3 Å². The van der Waals surface area contributed by atoms with Crippen LogP contribution in [-0.4, -0.2) is 25.9 Å². The third-order valence-electron chi connectivity index (χ3n) is 1.93. The van der Waals surface area contributed by atoms with E-state index in [1.165, 1.54) is 18.3 Å². The Morgan fingerprint density at radius 3 is 3.00 bits per heavy atom. The molecular weight excluding hydrogens is 198 g/mol. The van der Waals surface area contributed by atoms with Gasteiger partial charge in [0.1, 0.15) is 11.8 Å². The largest absolute Gasteiger partial charge is 0.492 e. The summed E-state index contributed by atoms with van der Waals surface area (Å²) in [7, 11) is 0. The van der Waals surface area contributed by atoms with Crippen molar-refractivity contribution in [3.63, 3.8) is 0 Å². The Balaban J connectivity index is 2.84. The van der Waals surface area contributed by atoms with Gasteiger partial charge in [0.05, 0.1) is 12.7 Å². The molecule has 6 nitrogen and oxygen atoms in total. The minimum atomic E-state index is -0.352. The van der Waals surface area contributed by atoms with E-state index in [4.69, 9.17) is 5.11 Å². The number of fused-ring (bicyclic) bond motifs is 1. The minimum absolute atomic E-state index is 0.103. The molecule has 0 spiro atoms. The van der Waals surface area contributed by atoms with Crippen molar-refractivity contribution in [3.8, 4) is 5.88 Å². The molecule has 0 unspecified atom stereocenters. The summed E-state index contributed by atoms with van der Waals surface area (Å²) < 4.78 is 1.15. The summed E-state index contributed by atoms with van der Waals surface area (Å²) in [5.41, 5.74) is 0.304. The first-order valence-corrected chi connectivity index (χ1v) is 4.21. The van der Waals surface area contributed by atoms with E-state index in [0.29, 0.717) is 11.8 Å². The maximum Gasteiger partial charge on any atom is 0.252 e. The molecule has 2 aromatic rings. The highest BCUT2D eigenvalue weighted by Gasteiger charge is 2.05. The van der Waals surface area contributed by atoms with Crippen molar-refractivity contribution in [2.75, 3.05) is 0 Å². The standard InChI is InChI=1S/C9H7N3O3/c13-4-3-12-8(15)2-1-6-9(12)11-7(14)5-10-6/h1-2,4-5H,3H2,(H,11,14). The van der Waals surface area contributed by atoms with Crippen molar-refractivity contribution < 1.29 is 9.90 Å². The van der Waals surface area contributed by atoms with Crippen molar-refractivity contribution in [1.29, 1.82) is 0 Å². The molecule has 0 aliphatic carbocycles. The smallest absolute Gasteiger partial charge is 0.252 e. The second-order valence-electron chi connectivity index (χ2n) is 2.89. The maximum atomic E-state index is 11.4. The van der Waals surface area contributed by atoms with E-state index in [-0.39, 0.29) is 23.6 Å². The number of carbonyl (C=O) groups excluding carboxylic acids is 1. The highest BCUT2D eigenvalue weighted by Crippen LogP contribution is 2.09. The molecule has 0 bridgehead atoms. The third-order valence-corrected chi connectivity index (χ3v) is 1.93. The molecule has 2 aromatic heterocycles. The van der Waals surface area contributed by atoms with Gasteiger partial charge in [0.25, 0.3) is 5.56 Å². The first-order chi connectivity index (χ1) is 7.22. The number of pyridine rings is 1. The van der Waals surface area contributed by atoms with Crippen molar-refractivity contribution in [1.82, 2.24) is 14.5 Å². The molecule has 2 rings (SSSR count). The van der Waals surface area contributed by atoms with Gasteiger partial charge in [-0.05, 0) is 6.07 Å². The molecule has 76 valence electrons. The van der Waals surface area contributed by atoms with Crippen LogP contribution in [0.1, 0.15) is 0 Å². The first kappa shape index (κ1) is 9.32. The highest BCUT2D eigenvalue weighted by molar-refractivity contribution is 5.71. The molecule has 15 heavy (non-hydrogen) atoms. The summed E-state index contributed by atoms with van der Waals surface area (Å²) in [4.78, 5) is 29.4. The Morgan fingerprint density at radius 1 is 1.47 bits per heavy atom. The minimum Gasteiger partial charge on any atom is -0.492 e. The fourth-order valence-electron chi connectivity index (χ4n) is 1.29. The second-order valence-corrected chi connectivity index (χ2v) is 2.89. The van der Waals surface area contributed by atoms with E-state index in [9.17, 15) is 9.59 Å².